The van der Waals surface area contributed by atoms with Crippen molar-refractivity contribution < 1.29 is 9.53 Å². The maximum absolute atomic E-state index is 11.5. The maximum atomic E-state index is 11.5. The molecule has 2 aromatic rings. The van der Waals surface area contributed by atoms with Gasteiger partial charge in [0.05, 0.1) is 18.4 Å². The van der Waals surface area contributed by atoms with Crippen molar-refractivity contribution in [2.45, 2.75) is 19.0 Å². The van der Waals surface area contributed by atoms with Gasteiger partial charge in [0, 0.05) is 30.1 Å². The van der Waals surface area contributed by atoms with Crippen molar-refractivity contribution >= 4 is 42.1 Å². The van der Waals surface area contributed by atoms with Gasteiger partial charge in [-0.05, 0) is 37.6 Å². The van der Waals surface area contributed by atoms with Crippen LogP contribution in [0.2, 0.25) is 0 Å². The fourth-order valence-corrected chi connectivity index (χ4v) is 4.54. The van der Waals surface area contributed by atoms with Crippen LogP contribution in [-0.4, -0.2) is 48.6 Å². The number of carbonyl (C=O) groups is 1. The van der Waals surface area contributed by atoms with Crippen molar-refractivity contribution in [1.29, 1.82) is 0 Å². The van der Waals surface area contributed by atoms with E-state index >= 15 is 0 Å². The lowest BCUT2D eigenvalue weighted by atomic mass is 10.1. The number of halogens is 2. The minimum Gasteiger partial charge on any atom is -0.465 e. The first-order valence-corrected chi connectivity index (χ1v) is 9.20. The predicted molar refractivity (Wildman–Crippen MR) is 109 cm³/mol. The Morgan fingerprint density at radius 2 is 2.08 bits per heavy atom. The molecule has 1 N–H and O–H groups in total. The summed E-state index contributed by atoms with van der Waals surface area (Å²) in [6.45, 7) is 4.38. The molecule has 2 saturated heterocycles. The number of nitrogens with one attached hydrogen (secondary N) is 1. The smallest absolute Gasteiger partial charge is 0.337 e. The number of methoxy groups -OCH3 is 1. The van der Waals surface area contributed by atoms with E-state index in [1.54, 1.807) is 23.5 Å². The summed E-state index contributed by atoms with van der Waals surface area (Å²) in [6.07, 6.45) is 1.30. The predicted octanol–water partition coefficient (Wildman–Crippen LogP) is 3.23. The molecule has 0 radical (unpaired) electrons. The first-order chi connectivity index (χ1) is 11.7. The zero-order valence-corrected chi connectivity index (χ0v) is 17.0. The molecule has 26 heavy (non-hydrogen) atoms. The van der Waals surface area contributed by atoms with Crippen LogP contribution in [0.3, 0.4) is 0 Å². The number of thiazole rings is 1. The molecule has 2 atom stereocenters. The summed E-state index contributed by atoms with van der Waals surface area (Å²) in [5.41, 5.74) is 2.75. The summed E-state index contributed by atoms with van der Waals surface area (Å²) >= 11 is 1.66. The second-order valence-electron chi connectivity index (χ2n) is 6.46. The van der Waals surface area contributed by atoms with Gasteiger partial charge in [-0.15, -0.1) is 36.2 Å². The van der Waals surface area contributed by atoms with Gasteiger partial charge in [0.1, 0.15) is 5.01 Å². The standard InChI is InChI=1S/C18H21N3O2S.2ClH/c1-23-18(22)13-4-2-12(3-5-13)17-20-15(11-24-17)10-21-7-6-14-8-19-9-16(14)21;;/h2-5,11,14,16,19H,6-10H2,1H3;2*1H/t14-,16+;;/m1../s1. The van der Waals surface area contributed by atoms with Gasteiger partial charge in [-0.25, -0.2) is 9.78 Å². The Labute approximate surface area is 170 Å². The van der Waals surface area contributed by atoms with Gasteiger partial charge < -0.3 is 10.1 Å². The van der Waals surface area contributed by atoms with Crippen LogP contribution < -0.4 is 5.32 Å². The molecule has 5 nitrogen and oxygen atoms in total. The third-order valence-corrected chi connectivity index (χ3v) is 5.97. The van der Waals surface area contributed by atoms with E-state index in [-0.39, 0.29) is 30.8 Å². The molecule has 0 spiro atoms. The molecule has 0 aliphatic carbocycles. The first-order valence-electron chi connectivity index (χ1n) is 8.32. The quantitative estimate of drug-likeness (QED) is 0.776. The number of hydrogen-bond donors (Lipinski definition) is 1. The van der Waals surface area contributed by atoms with E-state index in [4.69, 9.17) is 9.72 Å². The SMILES string of the molecule is COC(=O)c1ccc(-c2nc(CN3CC[C@@H]4CNC[C@@H]43)cs2)cc1.Cl.Cl. The Balaban J connectivity index is 0.00000121. The molecule has 0 bridgehead atoms. The molecule has 1 aromatic heterocycles. The molecule has 1 aromatic carbocycles. The van der Waals surface area contributed by atoms with Crippen LogP contribution in [0.15, 0.2) is 29.6 Å². The van der Waals surface area contributed by atoms with E-state index in [9.17, 15) is 4.79 Å². The number of hydrogen-bond acceptors (Lipinski definition) is 6. The largest absolute Gasteiger partial charge is 0.465 e. The number of esters is 1. The molecule has 2 aliphatic heterocycles. The van der Waals surface area contributed by atoms with Gasteiger partial charge in [0.2, 0.25) is 0 Å². The zero-order valence-electron chi connectivity index (χ0n) is 14.5. The van der Waals surface area contributed by atoms with Crippen molar-refractivity contribution in [3.05, 3.63) is 40.9 Å². The normalized spacial score (nSPS) is 21.6. The fraction of sp³-hybridized carbons (Fsp3) is 0.444. The van der Waals surface area contributed by atoms with Crippen LogP contribution in [0.5, 0.6) is 0 Å². The lowest BCUT2D eigenvalue weighted by Gasteiger charge is -2.21. The minimum atomic E-state index is -0.310. The average molecular weight is 416 g/mol. The second kappa shape index (κ2) is 9.15. The highest BCUT2D eigenvalue weighted by Crippen LogP contribution is 2.30. The van der Waals surface area contributed by atoms with E-state index < -0.39 is 0 Å². The minimum absolute atomic E-state index is 0. The van der Waals surface area contributed by atoms with Gasteiger partial charge >= 0.3 is 5.97 Å². The van der Waals surface area contributed by atoms with E-state index in [2.05, 4.69) is 15.6 Å². The van der Waals surface area contributed by atoms with Gasteiger partial charge in [0.15, 0.2) is 0 Å². The van der Waals surface area contributed by atoms with Gasteiger partial charge in [-0.1, -0.05) is 12.1 Å². The molecule has 8 heteroatoms. The van der Waals surface area contributed by atoms with Crippen molar-refractivity contribution in [3.63, 3.8) is 0 Å². The van der Waals surface area contributed by atoms with E-state index in [1.165, 1.54) is 20.1 Å². The number of likely N-dealkylation sites (tertiary alicyclic amines) is 1. The number of rotatable bonds is 4. The summed E-state index contributed by atoms with van der Waals surface area (Å²) in [4.78, 5) is 18.9. The fourth-order valence-electron chi connectivity index (χ4n) is 3.72. The Kier molecular flexibility index (Phi) is 7.43. The van der Waals surface area contributed by atoms with Crippen molar-refractivity contribution in [2.75, 3.05) is 26.7 Å². The van der Waals surface area contributed by atoms with Gasteiger partial charge in [0.25, 0.3) is 0 Å². The molecule has 3 heterocycles. The Bertz CT molecular complexity index is 738. The average Bonchev–Trinajstić information content (AvgIpc) is 3.33. The molecule has 0 amide bonds. The summed E-state index contributed by atoms with van der Waals surface area (Å²) in [6, 6.07) is 8.12. The molecular formula is C18H23Cl2N3O2S. The number of benzene rings is 1. The molecule has 4 rings (SSSR count). The third kappa shape index (κ3) is 4.21. The molecule has 0 unspecified atom stereocenters. The van der Waals surface area contributed by atoms with E-state index in [1.807, 2.05) is 12.1 Å². The van der Waals surface area contributed by atoms with E-state index in [0.29, 0.717) is 11.6 Å². The topological polar surface area (TPSA) is 54.5 Å². The van der Waals surface area contributed by atoms with Crippen molar-refractivity contribution in [2.24, 2.45) is 5.92 Å². The number of fused-ring (bicyclic) bond motifs is 1. The van der Waals surface area contributed by atoms with Crippen LogP contribution in [0.4, 0.5) is 0 Å². The molecule has 2 aliphatic rings. The molecule has 142 valence electrons. The zero-order chi connectivity index (χ0) is 16.5. The second-order valence-corrected chi connectivity index (χ2v) is 7.32. The number of carbonyl (C=O) groups excluding carboxylic acids is 1. The van der Waals surface area contributed by atoms with Crippen LogP contribution in [0.25, 0.3) is 10.6 Å². The summed E-state index contributed by atoms with van der Waals surface area (Å²) in [7, 11) is 1.39. The maximum Gasteiger partial charge on any atom is 0.337 e. The van der Waals surface area contributed by atoms with Gasteiger partial charge in [-0.2, -0.15) is 0 Å². The molecule has 2 fully saturated rings. The Morgan fingerprint density at radius 1 is 1.31 bits per heavy atom. The van der Waals surface area contributed by atoms with Crippen LogP contribution in [-0.2, 0) is 11.3 Å². The third-order valence-electron chi connectivity index (χ3n) is 5.03. The molecular weight excluding hydrogens is 393 g/mol. The Morgan fingerprint density at radius 3 is 2.81 bits per heavy atom. The summed E-state index contributed by atoms with van der Waals surface area (Å²) in [5, 5.41) is 6.65. The van der Waals surface area contributed by atoms with Gasteiger partial charge in [-0.3, -0.25) is 4.90 Å². The van der Waals surface area contributed by atoms with Crippen LogP contribution in [0.1, 0.15) is 22.5 Å². The monoisotopic (exact) mass is 415 g/mol. The lowest BCUT2D eigenvalue weighted by molar-refractivity contribution is 0.0601. The highest BCUT2D eigenvalue weighted by atomic mass is 35.5. The first kappa shape index (κ1) is 21.1. The van der Waals surface area contributed by atoms with Crippen LogP contribution in [0, 0.1) is 5.92 Å². The van der Waals surface area contributed by atoms with Crippen LogP contribution >= 0.6 is 36.2 Å². The highest BCUT2D eigenvalue weighted by Gasteiger charge is 2.37. The molecule has 0 saturated carbocycles. The Hall–Kier alpha value is -1.18. The summed E-state index contributed by atoms with van der Waals surface area (Å²) in [5.74, 6) is 0.504. The number of nitrogens with zero attached hydrogens (tertiary/aromatic N) is 2. The van der Waals surface area contributed by atoms with Crippen molar-refractivity contribution in [3.8, 4) is 10.6 Å². The highest BCUT2D eigenvalue weighted by molar-refractivity contribution is 7.13. The lowest BCUT2D eigenvalue weighted by Crippen LogP contribution is -2.33. The number of aromatic nitrogens is 1. The summed E-state index contributed by atoms with van der Waals surface area (Å²) < 4.78 is 4.73. The van der Waals surface area contributed by atoms with Crippen molar-refractivity contribution in [1.82, 2.24) is 15.2 Å². The number of ether oxygens (including phenoxy) is 1. The van der Waals surface area contributed by atoms with E-state index in [0.717, 1.165) is 41.8 Å².